The van der Waals surface area contributed by atoms with Gasteiger partial charge in [-0.3, -0.25) is 4.79 Å². The fraction of sp³-hybridized carbons (Fsp3) is 0.222. The average Bonchev–Trinajstić information content (AvgIpc) is 2.73. The number of halogens is 2. The summed E-state index contributed by atoms with van der Waals surface area (Å²) in [6.07, 6.45) is 1.66. The summed E-state index contributed by atoms with van der Waals surface area (Å²) < 4.78 is 7.58. The molecule has 0 atom stereocenters. The van der Waals surface area contributed by atoms with Gasteiger partial charge >= 0.3 is 0 Å². The molecule has 90 valence electrons. The molecular formula is C9H8Br2N4O2. The van der Waals surface area contributed by atoms with E-state index >= 15 is 0 Å². The van der Waals surface area contributed by atoms with E-state index in [9.17, 15) is 4.79 Å². The van der Waals surface area contributed by atoms with Crippen molar-refractivity contribution in [2.24, 2.45) is 5.73 Å². The Labute approximate surface area is 113 Å². The minimum atomic E-state index is -0.160. The van der Waals surface area contributed by atoms with Crippen LogP contribution in [0.1, 0.15) is 11.7 Å². The lowest BCUT2D eigenvalue weighted by Crippen LogP contribution is -2.21. The van der Waals surface area contributed by atoms with E-state index in [1.807, 2.05) is 0 Å². The molecule has 0 spiro atoms. The first-order valence-corrected chi connectivity index (χ1v) is 6.26. The Balaban J connectivity index is 2.32. The zero-order chi connectivity index (χ0) is 12.4. The largest absolute Gasteiger partial charge is 0.338 e. The SMILES string of the molecule is NCc1nc(Cn2cc(Br)cc(Br)c2=O)no1. The third kappa shape index (κ3) is 2.82. The Bertz CT molecular complexity index is 593. The Morgan fingerprint density at radius 3 is 2.88 bits per heavy atom. The van der Waals surface area contributed by atoms with Gasteiger partial charge in [-0.15, -0.1) is 0 Å². The second kappa shape index (κ2) is 5.11. The molecule has 0 aromatic carbocycles. The summed E-state index contributed by atoms with van der Waals surface area (Å²) in [4.78, 5) is 15.8. The molecule has 17 heavy (non-hydrogen) atoms. The summed E-state index contributed by atoms with van der Waals surface area (Å²) >= 11 is 6.49. The normalized spacial score (nSPS) is 10.8. The Kier molecular flexibility index (Phi) is 3.75. The van der Waals surface area contributed by atoms with Crippen molar-refractivity contribution in [1.82, 2.24) is 14.7 Å². The molecule has 0 fully saturated rings. The smallest absolute Gasteiger partial charge is 0.265 e. The Morgan fingerprint density at radius 1 is 1.47 bits per heavy atom. The van der Waals surface area contributed by atoms with E-state index in [1.54, 1.807) is 12.3 Å². The number of hydrogen-bond acceptors (Lipinski definition) is 5. The van der Waals surface area contributed by atoms with Crippen LogP contribution in [0.4, 0.5) is 0 Å². The van der Waals surface area contributed by atoms with Crippen molar-refractivity contribution in [3.63, 3.8) is 0 Å². The van der Waals surface area contributed by atoms with Crippen molar-refractivity contribution in [3.8, 4) is 0 Å². The van der Waals surface area contributed by atoms with Crippen LogP contribution in [0, 0.1) is 0 Å². The molecule has 2 rings (SSSR count). The van der Waals surface area contributed by atoms with Gasteiger partial charge < -0.3 is 14.8 Å². The molecule has 0 saturated carbocycles. The van der Waals surface area contributed by atoms with Crippen LogP contribution in [0.3, 0.4) is 0 Å². The van der Waals surface area contributed by atoms with Crippen LogP contribution in [0.25, 0.3) is 0 Å². The minimum absolute atomic E-state index is 0.160. The highest BCUT2D eigenvalue weighted by atomic mass is 79.9. The van der Waals surface area contributed by atoms with Crippen LogP contribution < -0.4 is 11.3 Å². The predicted octanol–water partition coefficient (Wildman–Crippen LogP) is 1.26. The fourth-order valence-corrected chi connectivity index (χ4v) is 2.53. The first-order chi connectivity index (χ1) is 8.10. The molecular weight excluding hydrogens is 356 g/mol. The third-order valence-corrected chi connectivity index (χ3v) is 3.01. The zero-order valence-electron chi connectivity index (χ0n) is 8.56. The van der Waals surface area contributed by atoms with Gasteiger partial charge in [-0.1, -0.05) is 5.16 Å². The van der Waals surface area contributed by atoms with Crippen molar-refractivity contribution < 1.29 is 4.52 Å². The molecule has 0 aliphatic rings. The van der Waals surface area contributed by atoms with Gasteiger partial charge in [-0.2, -0.15) is 4.98 Å². The maximum atomic E-state index is 11.8. The maximum absolute atomic E-state index is 11.8. The van der Waals surface area contributed by atoms with Crippen LogP contribution in [-0.2, 0) is 13.1 Å². The molecule has 0 aliphatic heterocycles. The Hall–Kier alpha value is -0.990. The number of pyridine rings is 1. The van der Waals surface area contributed by atoms with Crippen molar-refractivity contribution in [2.45, 2.75) is 13.1 Å². The Morgan fingerprint density at radius 2 is 2.24 bits per heavy atom. The summed E-state index contributed by atoms with van der Waals surface area (Å²) in [6.45, 7) is 0.421. The van der Waals surface area contributed by atoms with Gasteiger partial charge in [0.15, 0.2) is 5.82 Å². The summed E-state index contributed by atoms with van der Waals surface area (Å²) in [5.74, 6) is 0.764. The predicted molar refractivity (Wildman–Crippen MR) is 67.4 cm³/mol. The van der Waals surface area contributed by atoms with Crippen LogP contribution in [0.5, 0.6) is 0 Å². The lowest BCUT2D eigenvalue weighted by Gasteiger charge is -2.03. The van der Waals surface area contributed by atoms with Gasteiger partial charge in [-0.05, 0) is 37.9 Å². The summed E-state index contributed by atoms with van der Waals surface area (Å²) in [6, 6.07) is 1.68. The first-order valence-electron chi connectivity index (χ1n) is 4.67. The monoisotopic (exact) mass is 362 g/mol. The van der Waals surface area contributed by atoms with E-state index in [4.69, 9.17) is 10.3 Å². The molecule has 2 N–H and O–H groups in total. The molecule has 0 radical (unpaired) electrons. The van der Waals surface area contributed by atoms with Gasteiger partial charge in [0.05, 0.1) is 17.6 Å². The summed E-state index contributed by atoms with van der Waals surface area (Å²) in [5, 5.41) is 3.73. The van der Waals surface area contributed by atoms with E-state index in [2.05, 4.69) is 42.0 Å². The molecule has 0 amide bonds. The van der Waals surface area contributed by atoms with Gasteiger partial charge in [0.1, 0.15) is 0 Å². The van der Waals surface area contributed by atoms with E-state index in [-0.39, 0.29) is 18.6 Å². The van der Waals surface area contributed by atoms with E-state index in [1.165, 1.54) is 4.57 Å². The number of hydrogen-bond donors (Lipinski definition) is 1. The van der Waals surface area contributed by atoms with Gasteiger partial charge in [0.2, 0.25) is 5.89 Å². The topological polar surface area (TPSA) is 86.9 Å². The highest BCUT2D eigenvalue weighted by Crippen LogP contribution is 2.13. The quantitative estimate of drug-likeness (QED) is 0.887. The lowest BCUT2D eigenvalue weighted by molar-refractivity contribution is 0.373. The van der Waals surface area contributed by atoms with Crippen molar-refractivity contribution in [2.75, 3.05) is 0 Å². The van der Waals surface area contributed by atoms with Crippen LogP contribution >= 0.6 is 31.9 Å². The third-order valence-electron chi connectivity index (χ3n) is 2.01. The van der Waals surface area contributed by atoms with E-state index in [0.29, 0.717) is 16.2 Å². The number of nitrogens with zero attached hydrogens (tertiary/aromatic N) is 3. The standard InChI is InChI=1S/C9H8Br2N4O2/c10-5-1-6(11)9(16)15(3-5)4-7-13-8(2-12)17-14-7/h1,3H,2,4,12H2. The molecule has 8 heteroatoms. The van der Waals surface area contributed by atoms with Crippen molar-refractivity contribution >= 4 is 31.9 Å². The first kappa shape index (κ1) is 12.5. The van der Waals surface area contributed by atoms with E-state index in [0.717, 1.165) is 4.47 Å². The summed E-state index contributed by atoms with van der Waals surface area (Å²) in [7, 11) is 0. The number of rotatable bonds is 3. The zero-order valence-corrected chi connectivity index (χ0v) is 11.7. The lowest BCUT2D eigenvalue weighted by atomic mass is 10.4. The fourth-order valence-electron chi connectivity index (χ4n) is 1.27. The number of aromatic nitrogens is 3. The van der Waals surface area contributed by atoms with Gasteiger partial charge in [-0.25, -0.2) is 0 Å². The maximum Gasteiger partial charge on any atom is 0.265 e. The molecule has 2 aromatic heterocycles. The molecule has 2 heterocycles. The molecule has 2 aromatic rings. The molecule has 0 saturated heterocycles. The van der Waals surface area contributed by atoms with Gasteiger partial charge in [0.25, 0.3) is 5.56 Å². The molecule has 0 bridgehead atoms. The number of nitrogens with two attached hydrogens (primary N) is 1. The minimum Gasteiger partial charge on any atom is -0.338 e. The van der Waals surface area contributed by atoms with Gasteiger partial charge in [0, 0.05) is 10.7 Å². The van der Waals surface area contributed by atoms with E-state index < -0.39 is 0 Å². The van der Waals surface area contributed by atoms with Crippen LogP contribution in [0.2, 0.25) is 0 Å². The second-order valence-electron chi connectivity index (χ2n) is 3.25. The molecule has 6 nitrogen and oxygen atoms in total. The van der Waals surface area contributed by atoms with Crippen molar-refractivity contribution in [1.29, 1.82) is 0 Å². The average molecular weight is 364 g/mol. The van der Waals surface area contributed by atoms with Crippen molar-refractivity contribution in [3.05, 3.63) is 43.3 Å². The second-order valence-corrected chi connectivity index (χ2v) is 5.02. The molecule has 0 aliphatic carbocycles. The summed E-state index contributed by atoms with van der Waals surface area (Å²) in [5.41, 5.74) is 5.19. The van der Waals surface area contributed by atoms with Crippen LogP contribution in [0.15, 0.2) is 30.5 Å². The molecule has 0 unspecified atom stereocenters. The highest BCUT2D eigenvalue weighted by Gasteiger charge is 2.08. The van der Waals surface area contributed by atoms with Crippen LogP contribution in [-0.4, -0.2) is 14.7 Å². The highest BCUT2D eigenvalue weighted by molar-refractivity contribution is 9.11.